The summed E-state index contributed by atoms with van der Waals surface area (Å²) in [6.07, 6.45) is 1.09. The van der Waals surface area contributed by atoms with Crippen LogP contribution in [0.25, 0.3) is 0 Å². The van der Waals surface area contributed by atoms with E-state index in [0.717, 1.165) is 12.8 Å². The monoisotopic (exact) mass is 125 g/mol. The van der Waals surface area contributed by atoms with Gasteiger partial charge >= 0.3 is 0 Å². The van der Waals surface area contributed by atoms with Crippen LogP contribution in [0.3, 0.4) is 0 Å². The molecule has 0 aromatic heterocycles. The van der Waals surface area contributed by atoms with Gasteiger partial charge in [0, 0.05) is 26.7 Å². The molecule has 1 atom stereocenters. The molecule has 6 heavy (non-hydrogen) atoms. The molecule has 0 amide bonds. The Bertz CT molecular complexity index is 46.8. The fourth-order valence-electron chi connectivity index (χ4n) is 0.305. The van der Waals surface area contributed by atoms with E-state index in [1.807, 2.05) is 0 Å². The molecule has 0 radical (unpaired) electrons. The van der Waals surface area contributed by atoms with E-state index >= 15 is 0 Å². The lowest BCUT2D eigenvalue weighted by molar-refractivity contribution is 0.0210. The zero-order chi connectivity index (χ0) is 4.41. The largest absolute Gasteiger partial charge is 0.280 e. The number of halogens is 1. The van der Waals surface area contributed by atoms with Crippen LogP contribution in [0.2, 0.25) is 0 Å². The maximum atomic E-state index is 5.34. The first-order valence-electron chi connectivity index (χ1n) is 1.72. The zero-order valence-electron chi connectivity index (χ0n) is 3.15. The first-order valence-corrected chi connectivity index (χ1v) is 3.21. The fourth-order valence-corrected chi connectivity index (χ4v) is 1.17. The van der Waals surface area contributed by atoms with Crippen molar-refractivity contribution in [2.75, 3.05) is 12.8 Å². The minimum atomic E-state index is 0.659. The van der Waals surface area contributed by atoms with Gasteiger partial charge in [-0.05, 0) is 0 Å². The van der Waals surface area contributed by atoms with Crippen molar-refractivity contribution < 1.29 is 4.84 Å². The second-order valence-corrected chi connectivity index (χ2v) is 2.80. The highest BCUT2D eigenvalue weighted by atomic mass is 35.5. The van der Waals surface area contributed by atoms with Gasteiger partial charge in [0.05, 0.1) is 6.61 Å². The Balaban J connectivity index is 2.18. The van der Waals surface area contributed by atoms with Crippen molar-refractivity contribution in [1.29, 1.82) is 0 Å². The molecule has 1 unspecified atom stereocenters. The van der Waals surface area contributed by atoms with Crippen molar-refractivity contribution in [1.82, 2.24) is 4.35 Å². The highest BCUT2D eigenvalue weighted by Crippen LogP contribution is 2.26. The van der Waals surface area contributed by atoms with Gasteiger partial charge in [0.1, 0.15) is 0 Å². The molecule has 1 aliphatic heterocycles. The molecule has 0 aromatic rings. The van der Waals surface area contributed by atoms with E-state index in [1.165, 1.54) is 4.35 Å². The van der Waals surface area contributed by atoms with E-state index < -0.39 is 0 Å². The topological polar surface area (TPSA) is 12.5 Å². The van der Waals surface area contributed by atoms with E-state index in [9.17, 15) is 0 Å². The standard InChI is InChI=1S/C2H5ClNOP/c3-4-5-1-2-6-4/h6H,1-2H2. The highest BCUT2D eigenvalue weighted by molar-refractivity contribution is 7.36. The van der Waals surface area contributed by atoms with Crippen molar-refractivity contribution in [3.05, 3.63) is 0 Å². The summed E-state index contributed by atoms with van der Waals surface area (Å²) in [4.78, 5) is 4.76. The summed E-state index contributed by atoms with van der Waals surface area (Å²) in [5.74, 6) is 0. The van der Waals surface area contributed by atoms with Gasteiger partial charge in [0.15, 0.2) is 0 Å². The van der Waals surface area contributed by atoms with Crippen LogP contribution in [0.5, 0.6) is 0 Å². The van der Waals surface area contributed by atoms with E-state index in [-0.39, 0.29) is 0 Å². The molecule has 36 valence electrons. The zero-order valence-corrected chi connectivity index (χ0v) is 4.90. The van der Waals surface area contributed by atoms with Crippen molar-refractivity contribution in [2.24, 2.45) is 0 Å². The predicted octanol–water partition coefficient (Wildman–Crippen LogP) is 0.981. The first kappa shape index (κ1) is 4.79. The minimum absolute atomic E-state index is 0.659. The summed E-state index contributed by atoms with van der Waals surface area (Å²) in [6, 6.07) is 0. The van der Waals surface area contributed by atoms with Gasteiger partial charge in [0.2, 0.25) is 0 Å². The Morgan fingerprint density at radius 2 is 2.67 bits per heavy atom. The van der Waals surface area contributed by atoms with Crippen LogP contribution in [0.1, 0.15) is 0 Å². The Morgan fingerprint density at radius 3 is 2.83 bits per heavy atom. The Hall–Kier alpha value is 0.640. The van der Waals surface area contributed by atoms with Gasteiger partial charge in [-0.2, -0.15) is 0 Å². The van der Waals surface area contributed by atoms with Crippen LogP contribution in [-0.2, 0) is 4.84 Å². The molecule has 0 aromatic carbocycles. The third-order valence-electron chi connectivity index (χ3n) is 0.543. The number of hydrogen-bond acceptors (Lipinski definition) is 2. The Labute approximate surface area is 43.3 Å². The molecule has 0 spiro atoms. The molecule has 1 saturated heterocycles. The number of rotatable bonds is 0. The SMILES string of the molecule is ClN1OCCP1. The molecule has 2 nitrogen and oxygen atoms in total. The number of nitrogens with zero attached hydrogens (tertiary/aromatic N) is 1. The van der Waals surface area contributed by atoms with Gasteiger partial charge in [0.25, 0.3) is 0 Å². The summed E-state index contributed by atoms with van der Waals surface area (Å²) >= 11 is 5.34. The van der Waals surface area contributed by atoms with Crippen LogP contribution in [-0.4, -0.2) is 17.1 Å². The molecule has 1 heterocycles. The molecular weight excluding hydrogens is 120 g/mol. The Kier molecular flexibility index (Phi) is 1.66. The summed E-state index contributed by atoms with van der Waals surface area (Å²) in [7, 11) is 0.659. The van der Waals surface area contributed by atoms with Crippen LogP contribution in [0.4, 0.5) is 0 Å². The molecular formula is C2H5ClNOP. The molecule has 1 rings (SSSR count). The molecule has 1 fully saturated rings. The second kappa shape index (κ2) is 2.08. The summed E-state index contributed by atoms with van der Waals surface area (Å²) in [5.41, 5.74) is 0. The lowest BCUT2D eigenvalue weighted by Crippen LogP contribution is -1.90. The van der Waals surface area contributed by atoms with Crippen LogP contribution in [0.15, 0.2) is 0 Å². The van der Waals surface area contributed by atoms with Crippen molar-refractivity contribution >= 4 is 20.5 Å². The lowest BCUT2D eigenvalue weighted by atomic mass is 10.9. The maximum absolute atomic E-state index is 5.34. The first-order chi connectivity index (χ1) is 2.89. The highest BCUT2D eigenvalue weighted by Gasteiger charge is 2.06. The van der Waals surface area contributed by atoms with E-state index in [2.05, 4.69) is 0 Å². The quantitative estimate of drug-likeness (QED) is 0.354. The van der Waals surface area contributed by atoms with Gasteiger partial charge < -0.3 is 0 Å². The summed E-state index contributed by atoms with van der Waals surface area (Å²) < 4.78 is 1.36. The Morgan fingerprint density at radius 1 is 1.83 bits per heavy atom. The smallest absolute Gasteiger partial charge is 0.0754 e. The molecule has 0 bridgehead atoms. The third-order valence-corrected chi connectivity index (χ3v) is 1.80. The van der Waals surface area contributed by atoms with E-state index in [0.29, 0.717) is 8.73 Å². The number of hydrogen-bond donors (Lipinski definition) is 0. The average molecular weight is 125 g/mol. The van der Waals surface area contributed by atoms with Crippen molar-refractivity contribution in [3.8, 4) is 0 Å². The van der Waals surface area contributed by atoms with Gasteiger partial charge in [-0.3, -0.25) is 4.84 Å². The van der Waals surface area contributed by atoms with Crippen LogP contribution in [0, 0.1) is 0 Å². The molecule has 0 aliphatic carbocycles. The van der Waals surface area contributed by atoms with Gasteiger partial charge in [-0.15, -0.1) is 0 Å². The fraction of sp³-hybridized carbons (Fsp3) is 1.00. The minimum Gasteiger partial charge on any atom is -0.280 e. The van der Waals surface area contributed by atoms with Gasteiger partial charge in [-0.25, -0.2) is 0 Å². The van der Waals surface area contributed by atoms with Crippen LogP contribution < -0.4 is 0 Å². The summed E-state index contributed by atoms with van der Waals surface area (Å²) in [5, 5.41) is 0. The molecule has 1 aliphatic rings. The van der Waals surface area contributed by atoms with E-state index in [4.69, 9.17) is 16.6 Å². The third kappa shape index (κ3) is 1.05. The second-order valence-electron chi connectivity index (χ2n) is 0.986. The van der Waals surface area contributed by atoms with Crippen molar-refractivity contribution in [3.63, 3.8) is 0 Å². The van der Waals surface area contributed by atoms with Crippen molar-refractivity contribution in [2.45, 2.75) is 0 Å². The molecule has 0 N–H and O–H groups in total. The maximum Gasteiger partial charge on any atom is 0.0754 e. The molecule has 0 saturated carbocycles. The van der Waals surface area contributed by atoms with Gasteiger partial charge in [-0.1, -0.05) is 4.35 Å². The normalized spacial score (nSPS) is 29.5. The average Bonchev–Trinajstić information content (AvgIpc) is 1.86. The summed E-state index contributed by atoms with van der Waals surface area (Å²) in [6.45, 7) is 0.794. The lowest BCUT2D eigenvalue weighted by Gasteiger charge is -1.96. The predicted molar refractivity (Wildman–Crippen MR) is 26.8 cm³/mol. The van der Waals surface area contributed by atoms with Crippen LogP contribution >= 0.6 is 20.5 Å². The molecule has 4 heteroatoms. The van der Waals surface area contributed by atoms with E-state index in [1.54, 1.807) is 0 Å².